The molecule has 1 aliphatic rings. The van der Waals surface area contributed by atoms with Crippen LogP contribution in [0.5, 0.6) is 5.75 Å². The second kappa shape index (κ2) is 5.37. The van der Waals surface area contributed by atoms with Crippen molar-refractivity contribution in [1.29, 1.82) is 0 Å². The van der Waals surface area contributed by atoms with E-state index in [1.807, 2.05) is 54.6 Å². The van der Waals surface area contributed by atoms with Gasteiger partial charge in [-0.25, -0.2) is 0 Å². The predicted molar refractivity (Wildman–Crippen MR) is 75.5 cm³/mol. The third-order valence-electron chi connectivity index (χ3n) is 3.43. The quantitative estimate of drug-likeness (QED) is 0.784. The number of fused-ring (bicyclic) bond motifs is 1. The molecule has 3 heteroatoms. The van der Waals surface area contributed by atoms with E-state index in [1.54, 1.807) is 0 Å². The highest BCUT2D eigenvalue weighted by atomic mass is 16.6. The second-order valence-electron chi connectivity index (χ2n) is 4.91. The molecule has 0 radical (unpaired) electrons. The molecule has 0 N–H and O–H groups in total. The van der Waals surface area contributed by atoms with Gasteiger partial charge in [0.15, 0.2) is 6.10 Å². The molecule has 3 rings (SSSR count). The minimum atomic E-state index is -0.287. The Hall–Kier alpha value is -2.29. The summed E-state index contributed by atoms with van der Waals surface area (Å²) in [6, 6.07) is 17.8. The van der Waals surface area contributed by atoms with Gasteiger partial charge in [-0.3, -0.25) is 4.79 Å². The van der Waals surface area contributed by atoms with E-state index >= 15 is 0 Å². The van der Waals surface area contributed by atoms with Crippen LogP contribution in [0.25, 0.3) is 0 Å². The first-order chi connectivity index (χ1) is 9.74. The molecule has 0 aromatic heterocycles. The van der Waals surface area contributed by atoms with Crippen LogP contribution in [0.2, 0.25) is 0 Å². The Labute approximate surface area is 118 Å². The van der Waals surface area contributed by atoms with Crippen molar-refractivity contribution in [1.82, 2.24) is 0 Å². The fraction of sp³-hybridized carbons (Fsp3) is 0.235. The Morgan fingerprint density at radius 2 is 1.80 bits per heavy atom. The molecule has 20 heavy (non-hydrogen) atoms. The summed E-state index contributed by atoms with van der Waals surface area (Å²) in [5.41, 5.74) is 2.10. The average molecular weight is 268 g/mol. The third-order valence-corrected chi connectivity index (χ3v) is 3.43. The van der Waals surface area contributed by atoms with Crippen LogP contribution in [0.15, 0.2) is 54.6 Å². The first kappa shape index (κ1) is 12.7. The van der Waals surface area contributed by atoms with Gasteiger partial charge in [-0.1, -0.05) is 48.5 Å². The molecule has 0 spiro atoms. The molecule has 2 unspecified atom stereocenters. The smallest absolute Gasteiger partial charge is 0.303 e. The maximum Gasteiger partial charge on any atom is 0.303 e. The first-order valence-electron chi connectivity index (χ1n) is 6.71. The van der Waals surface area contributed by atoms with E-state index in [9.17, 15) is 4.79 Å². The van der Waals surface area contributed by atoms with Crippen LogP contribution >= 0.6 is 0 Å². The number of hydrogen-bond acceptors (Lipinski definition) is 3. The predicted octanol–water partition coefficient (Wildman–Crippen LogP) is 3.29. The number of benzene rings is 2. The summed E-state index contributed by atoms with van der Waals surface area (Å²) in [4.78, 5) is 11.3. The SMILES string of the molecule is CC(=O)OC1Cc2ccccc2OC1c1ccccc1. The number of para-hydroxylation sites is 1. The summed E-state index contributed by atoms with van der Waals surface area (Å²) >= 11 is 0. The Morgan fingerprint density at radius 3 is 2.55 bits per heavy atom. The number of carbonyl (C=O) groups is 1. The lowest BCUT2D eigenvalue weighted by Gasteiger charge is -2.33. The number of rotatable bonds is 2. The van der Waals surface area contributed by atoms with Crippen LogP contribution in [0.1, 0.15) is 24.2 Å². The number of carbonyl (C=O) groups excluding carboxylic acids is 1. The molecule has 1 heterocycles. The van der Waals surface area contributed by atoms with Crippen molar-refractivity contribution in [2.24, 2.45) is 0 Å². The van der Waals surface area contributed by atoms with E-state index in [1.165, 1.54) is 6.92 Å². The highest BCUT2D eigenvalue weighted by molar-refractivity contribution is 5.66. The molecule has 0 saturated heterocycles. The lowest BCUT2D eigenvalue weighted by Crippen LogP contribution is -2.34. The summed E-state index contributed by atoms with van der Waals surface area (Å²) in [7, 11) is 0. The summed E-state index contributed by atoms with van der Waals surface area (Å²) < 4.78 is 11.5. The minimum absolute atomic E-state index is 0.255. The number of ether oxygens (including phenoxy) is 2. The molecule has 1 aliphatic heterocycles. The van der Waals surface area contributed by atoms with E-state index in [-0.39, 0.29) is 18.2 Å². The summed E-state index contributed by atoms with van der Waals surface area (Å²) in [5, 5.41) is 0. The number of hydrogen-bond donors (Lipinski definition) is 0. The fourth-order valence-electron chi connectivity index (χ4n) is 2.57. The van der Waals surface area contributed by atoms with Gasteiger partial charge >= 0.3 is 5.97 Å². The van der Waals surface area contributed by atoms with Crippen molar-refractivity contribution in [3.63, 3.8) is 0 Å². The van der Waals surface area contributed by atoms with Crippen LogP contribution in [0.4, 0.5) is 0 Å². The van der Waals surface area contributed by atoms with Gasteiger partial charge in [0.05, 0.1) is 0 Å². The maximum atomic E-state index is 11.3. The molecule has 2 aromatic rings. The highest BCUT2D eigenvalue weighted by Gasteiger charge is 2.33. The van der Waals surface area contributed by atoms with Gasteiger partial charge in [0.2, 0.25) is 0 Å². The summed E-state index contributed by atoms with van der Waals surface area (Å²) in [5.74, 6) is 0.587. The maximum absolute atomic E-state index is 11.3. The monoisotopic (exact) mass is 268 g/mol. The molecule has 0 bridgehead atoms. The van der Waals surface area contributed by atoms with Crippen molar-refractivity contribution in [2.45, 2.75) is 25.6 Å². The van der Waals surface area contributed by atoms with E-state index in [0.717, 1.165) is 16.9 Å². The van der Waals surface area contributed by atoms with E-state index in [4.69, 9.17) is 9.47 Å². The van der Waals surface area contributed by atoms with Gasteiger partial charge in [-0.05, 0) is 17.2 Å². The Balaban J connectivity index is 1.95. The molecular weight excluding hydrogens is 252 g/mol. The van der Waals surface area contributed by atoms with Crippen molar-refractivity contribution in [3.8, 4) is 5.75 Å². The van der Waals surface area contributed by atoms with Gasteiger partial charge < -0.3 is 9.47 Å². The topological polar surface area (TPSA) is 35.5 Å². The van der Waals surface area contributed by atoms with Crippen LogP contribution in [-0.4, -0.2) is 12.1 Å². The highest BCUT2D eigenvalue weighted by Crippen LogP contribution is 2.36. The zero-order valence-corrected chi connectivity index (χ0v) is 11.3. The van der Waals surface area contributed by atoms with Crippen LogP contribution in [0, 0.1) is 0 Å². The van der Waals surface area contributed by atoms with E-state index in [0.29, 0.717) is 6.42 Å². The summed E-state index contributed by atoms with van der Waals surface area (Å²) in [6.07, 6.45) is 0.134. The van der Waals surface area contributed by atoms with Crippen LogP contribution < -0.4 is 4.74 Å². The van der Waals surface area contributed by atoms with E-state index in [2.05, 4.69) is 0 Å². The normalized spacial score (nSPS) is 20.6. The van der Waals surface area contributed by atoms with Crippen molar-refractivity contribution < 1.29 is 14.3 Å². The van der Waals surface area contributed by atoms with Crippen LogP contribution in [0.3, 0.4) is 0 Å². The Morgan fingerprint density at radius 1 is 1.10 bits per heavy atom. The average Bonchev–Trinajstić information content (AvgIpc) is 2.47. The third kappa shape index (κ3) is 2.52. The van der Waals surface area contributed by atoms with Gasteiger partial charge in [0.1, 0.15) is 11.9 Å². The lowest BCUT2D eigenvalue weighted by molar-refractivity contribution is -0.152. The minimum Gasteiger partial charge on any atom is -0.482 e. The zero-order valence-electron chi connectivity index (χ0n) is 11.3. The van der Waals surface area contributed by atoms with E-state index < -0.39 is 0 Å². The summed E-state index contributed by atoms with van der Waals surface area (Å²) in [6.45, 7) is 1.43. The zero-order chi connectivity index (χ0) is 13.9. The number of esters is 1. The Bertz CT molecular complexity index is 607. The molecule has 0 fully saturated rings. The molecule has 3 nitrogen and oxygen atoms in total. The second-order valence-corrected chi connectivity index (χ2v) is 4.91. The molecule has 0 saturated carbocycles. The molecule has 102 valence electrons. The Kier molecular flexibility index (Phi) is 3.42. The molecular formula is C17H16O3. The standard InChI is InChI=1S/C17H16O3/c1-12(18)19-16-11-14-9-5-6-10-15(14)20-17(16)13-7-3-2-4-8-13/h2-10,16-17H,11H2,1H3. The fourth-order valence-corrected chi connectivity index (χ4v) is 2.57. The molecule has 2 atom stereocenters. The van der Waals surface area contributed by atoms with Crippen molar-refractivity contribution >= 4 is 5.97 Å². The molecule has 0 aliphatic carbocycles. The van der Waals surface area contributed by atoms with Gasteiger partial charge in [-0.15, -0.1) is 0 Å². The lowest BCUT2D eigenvalue weighted by atomic mass is 9.94. The van der Waals surface area contributed by atoms with Gasteiger partial charge in [-0.2, -0.15) is 0 Å². The first-order valence-corrected chi connectivity index (χ1v) is 6.71. The molecule has 2 aromatic carbocycles. The van der Waals surface area contributed by atoms with Crippen molar-refractivity contribution in [2.75, 3.05) is 0 Å². The van der Waals surface area contributed by atoms with Crippen molar-refractivity contribution in [3.05, 3.63) is 65.7 Å². The van der Waals surface area contributed by atoms with Gasteiger partial charge in [0.25, 0.3) is 0 Å². The molecule has 0 amide bonds. The van der Waals surface area contributed by atoms with Gasteiger partial charge in [0, 0.05) is 13.3 Å². The van der Waals surface area contributed by atoms with Crippen LogP contribution in [-0.2, 0) is 16.0 Å². The largest absolute Gasteiger partial charge is 0.482 e.